The van der Waals surface area contributed by atoms with Crippen LogP contribution in [-0.4, -0.2) is 22.1 Å². The number of rotatable bonds is 4. The summed E-state index contributed by atoms with van der Waals surface area (Å²) in [6.45, 7) is 0. The normalized spacial score (nSPS) is 10.7. The molecular formula is C15H13N3O2S. The molecule has 0 aliphatic rings. The van der Waals surface area contributed by atoms with Crippen molar-refractivity contribution >= 4 is 22.7 Å². The minimum absolute atomic E-state index is 0.115. The summed E-state index contributed by atoms with van der Waals surface area (Å²) in [6.07, 6.45) is 1.75. The lowest BCUT2D eigenvalue weighted by molar-refractivity contribution is 0.397. The number of aromatic nitrogens is 3. The minimum Gasteiger partial charge on any atom is -0.481 e. The molecule has 0 aliphatic heterocycles. The number of H-pyrrole nitrogens is 1. The van der Waals surface area contributed by atoms with Gasteiger partial charge in [-0.15, -0.1) is 0 Å². The Balaban J connectivity index is 1.80. The molecule has 0 fully saturated rings. The second kappa shape index (κ2) is 5.97. The van der Waals surface area contributed by atoms with Gasteiger partial charge >= 0.3 is 0 Å². The zero-order chi connectivity index (χ0) is 14.7. The van der Waals surface area contributed by atoms with E-state index in [4.69, 9.17) is 4.74 Å². The number of methoxy groups -OCH3 is 1. The Labute approximate surface area is 125 Å². The Bertz CT molecular complexity index is 815. The first-order valence-electron chi connectivity index (χ1n) is 6.37. The lowest BCUT2D eigenvalue weighted by Crippen LogP contribution is -2.08. The lowest BCUT2D eigenvalue weighted by atomic mass is 10.2. The third kappa shape index (κ3) is 3.05. The monoisotopic (exact) mass is 299 g/mol. The number of aromatic amines is 1. The highest BCUT2D eigenvalue weighted by molar-refractivity contribution is 7.98. The van der Waals surface area contributed by atoms with Crippen LogP contribution in [0.2, 0.25) is 0 Å². The number of fused-ring (bicyclic) bond motifs is 1. The van der Waals surface area contributed by atoms with Crippen molar-refractivity contribution in [2.45, 2.75) is 10.9 Å². The van der Waals surface area contributed by atoms with E-state index in [1.54, 1.807) is 19.4 Å². The van der Waals surface area contributed by atoms with Gasteiger partial charge in [0.1, 0.15) is 0 Å². The molecule has 1 aromatic carbocycles. The van der Waals surface area contributed by atoms with Crippen molar-refractivity contribution in [1.82, 2.24) is 15.0 Å². The largest absolute Gasteiger partial charge is 0.481 e. The van der Waals surface area contributed by atoms with Gasteiger partial charge in [-0.3, -0.25) is 4.79 Å². The summed E-state index contributed by atoms with van der Waals surface area (Å²) >= 11 is 1.47. The second-order valence-electron chi connectivity index (χ2n) is 4.39. The smallest absolute Gasteiger partial charge is 0.259 e. The van der Waals surface area contributed by atoms with E-state index in [2.05, 4.69) is 15.0 Å². The summed E-state index contributed by atoms with van der Waals surface area (Å²) < 4.78 is 5.02. The Morgan fingerprint density at radius 1 is 1.24 bits per heavy atom. The van der Waals surface area contributed by atoms with Crippen LogP contribution in [0.3, 0.4) is 0 Å². The van der Waals surface area contributed by atoms with Crippen LogP contribution in [0.4, 0.5) is 0 Å². The molecule has 5 nitrogen and oxygen atoms in total. The fourth-order valence-corrected chi connectivity index (χ4v) is 2.70. The van der Waals surface area contributed by atoms with E-state index in [1.807, 2.05) is 30.3 Å². The quantitative estimate of drug-likeness (QED) is 0.592. The number of para-hydroxylation sites is 1. The highest BCUT2D eigenvalue weighted by atomic mass is 32.2. The summed E-state index contributed by atoms with van der Waals surface area (Å²) in [4.78, 5) is 23.3. The minimum atomic E-state index is -0.115. The van der Waals surface area contributed by atoms with Crippen LogP contribution in [0.25, 0.3) is 10.9 Å². The van der Waals surface area contributed by atoms with Crippen molar-refractivity contribution in [1.29, 1.82) is 0 Å². The fourth-order valence-electron chi connectivity index (χ4n) is 1.90. The van der Waals surface area contributed by atoms with Gasteiger partial charge in [-0.2, -0.15) is 0 Å². The molecule has 0 saturated carbocycles. The van der Waals surface area contributed by atoms with Crippen LogP contribution in [0.5, 0.6) is 5.88 Å². The van der Waals surface area contributed by atoms with Crippen LogP contribution < -0.4 is 10.3 Å². The maximum atomic E-state index is 12.0. The number of hydrogen-bond donors (Lipinski definition) is 1. The number of pyridine rings is 1. The third-order valence-electron chi connectivity index (χ3n) is 2.97. The van der Waals surface area contributed by atoms with Gasteiger partial charge in [0.25, 0.3) is 5.56 Å². The molecule has 3 aromatic rings. The Kier molecular flexibility index (Phi) is 3.87. The predicted molar refractivity (Wildman–Crippen MR) is 82.7 cm³/mol. The maximum Gasteiger partial charge on any atom is 0.259 e. The van der Waals surface area contributed by atoms with E-state index in [9.17, 15) is 4.79 Å². The maximum absolute atomic E-state index is 12.0. The number of ether oxygens (including phenoxy) is 1. The highest BCUT2D eigenvalue weighted by Crippen LogP contribution is 2.20. The van der Waals surface area contributed by atoms with Crippen LogP contribution in [0.1, 0.15) is 5.56 Å². The Morgan fingerprint density at radius 2 is 2.10 bits per heavy atom. The molecule has 0 aliphatic carbocycles. The van der Waals surface area contributed by atoms with E-state index < -0.39 is 0 Å². The molecule has 1 N–H and O–H groups in total. The molecule has 0 radical (unpaired) electrons. The SMILES string of the molecule is COc1ccc(CSc2nc3ccccc3c(=O)[nH]2)cn1. The summed E-state index contributed by atoms with van der Waals surface area (Å²) in [6, 6.07) is 11.1. The van der Waals surface area contributed by atoms with E-state index in [-0.39, 0.29) is 5.56 Å². The summed E-state index contributed by atoms with van der Waals surface area (Å²) in [5.74, 6) is 1.26. The molecule has 0 amide bonds. The van der Waals surface area contributed by atoms with Crippen LogP contribution >= 0.6 is 11.8 Å². The number of hydrogen-bond acceptors (Lipinski definition) is 5. The molecular weight excluding hydrogens is 286 g/mol. The van der Waals surface area contributed by atoms with Crippen molar-refractivity contribution < 1.29 is 4.74 Å². The second-order valence-corrected chi connectivity index (χ2v) is 5.35. The van der Waals surface area contributed by atoms with Gasteiger partial charge < -0.3 is 9.72 Å². The molecule has 3 rings (SSSR count). The summed E-state index contributed by atoms with van der Waals surface area (Å²) in [7, 11) is 1.58. The molecule has 0 saturated heterocycles. The first kappa shape index (κ1) is 13.6. The average molecular weight is 299 g/mol. The first-order chi connectivity index (χ1) is 10.3. The number of nitrogens with one attached hydrogen (secondary N) is 1. The fraction of sp³-hybridized carbons (Fsp3) is 0.133. The van der Waals surface area contributed by atoms with E-state index in [1.165, 1.54) is 11.8 Å². The molecule has 0 bridgehead atoms. The van der Waals surface area contributed by atoms with Gasteiger partial charge in [0.05, 0.1) is 18.0 Å². The van der Waals surface area contributed by atoms with Gasteiger partial charge in [-0.1, -0.05) is 30.0 Å². The van der Waals surface area contributed by atoms with Gasteiger partial charge in [-0.05, 0) is 17.7 Å². The topological polar surface area (TPSA) is 67.9 Å². The third-order valence-corrected chi connectivity index (χ3v) is 3.92. The van der Waals surface area contributed by atoms with Gasteiger partial charge in [0.2, 0.25) is 5.88 Å². The van der Waals surface area contributed by atoms with Gasteiger partial charge in [-0.25, -0.2) is 9.97 Å². The average Bonchev–Trinajstić information content (AvgIpc) is 2.53. The zero-order valence-electron chi connectivity index (χ0n) is 11.4. The van der Waals surface area contributed by atoms with E-state index in [0.29, 0.717) is 27.7 Å². The van der Waals surface area contributed by atoms with Crippen LogP contribution in [-0.2, 0) is 5.75 Å². The summed E-state index contributed by atoms with van der Waals surface area (Å²) in [5.41, 5.74) is 1.63. The van der Waals surface area contributed by atoms with E-state index >= 15 is 0 Å². The standard InChI is InChI=1S/C15H13N3O2S/c1-20-13-7-6-10(8-16-13)9-21-15-17-12-5-3-2-4-11(12)14(19)18-15/h2-8H,9H2,1H3,(H,17,18,19). The van der Waals surface area contributed by atoms with Crippen molar-refractivity contribution in [3.05, 3.63) is 58.5 Å². The lowest BCUT2D eigenvalue weighted by Gasteiger charge is -2.03. The molecule has 21 heavy (non-hydrogen) atoms. The molecule has 6 heteroatoms. The Hall–Kier alpha value is -2.34. The zero-order valence-corrected chi connectivity index (χ0v) is 12.2. The van der Waals surface area contributed by atoms with Gasteiger partial charge in [0, 0.05) is 18.0 Å². The molecule has 0 spiro atoms. The number of nitrogens with zero attached hydrogens (tertiary/aromatic N) is 2. The van der Waals surface area contributed by atoms with E-state index in [0.717, 1.165) is 5.56 Å². The number of thioether (sulfide) groups is 1. The van der Waals surface area contributed by atoms with Crippen LogP contribution in [0, 0.1) is 0 Å². The molecule has 2 heterocycles. The van der Waals surface area contributed by atoms with Crippen molar-refractivity contribution in [2.24, 2.45) is 0 Å². The predicted octanol–water partition coefficient (Wildman–Crippen LogP) is 2.62. The van der Waals surface area contributed by atoms with Crippen LogP contribution in [0.15, 0.2) is 52.5 Å². The Morgan fingerprint density at radius 3 is 2.86 bits per heavy atom. The van der Waals surface area contributed by atoms with Crippen molar-refractivity contribution in [3.63, 3.8) is 0 Å². The van der Waals surface area contributed by atoms with Crippen molar-refractivity contribution in [2.75, 3.05) is 7.11 Å². The number of benzene rings is 1. The van der Waals surface area contributed by atoms with Gasteiger partial charge in [0.15, 0.2) is 5.16 Å². The summed E-state index contributed by atoms with van der Waals surface area (Å²) in [5, 5.41) is 1.21. The van der Waals surface area contributed by atoms with Crippen molar-refractivity contribution in [3.8, 4) is 5.88 Å². The molecule has 2 aromatic heterocycles. The molecule has 106 valence electrons. The molecule has 0 atom stereocenters. The first-order valence-corrected chi connectivity index (χ1v) is 7.35. The molecule has 0 unspecified atom stereocenters. The highest BCUT2D eigenvalue weighted by Gasteiger charge is 2.04.